The van der Waals surface area contributed by atoms with Gasteiger partial charge in [0.15, 0.2) is 5.65 Å². The Bertz CT molecular complexity index is 626. The van der Waals surface area contributed by atoms with Gasteiger partial charge in [0.1, 0.15) is 5.52 Å². The second-order valence-electron chi connectivity index (χ2n) is 3.74. The van der Waals surface area contributed by atoms with Crippen molar-refractivity contribution in [2.75, 3.05) is 0 Å². The molecule has 0 aliphatic heterocycles. The SMILES string of the molecule is Cc1nc2[nH]ccc2nc1-c1ccccc1. The average Bonchev–Trinajstić information content (AvgIpc) is 2.76. The highest BCUT2D eigenvalue weighted by molar-refractivity contribution is 5.75. The van der Waals surface area contributed by atoms with Crippen molar-refractivity contribution in [3.8, 4) is 11.3 Å². The van der Waals surface area contributed by atoms with Crippen LogP contribution in [-0.2, 0) is 0 Å². The van der Waals surface area contributed by atoms with E-state index in [1.165, 1.54) is 0 Å². The molecule has 0 saturated carbocycles. The summed E-state index contributed by atoms with van der Waals surface area (Å²) in [7, 11) is 0. The highest BCUT2D eigenvalue weighted by atomic mass is 14.9. The Morgan fingerprint density at radius 2 is 1.81 bits per heavy atom. The zero-order valence-electron chi connectivity index (χ0n) is 8.94. The molecule has 2 aromatic heterocycles. The van der Waals surface area contributed by atoms with Gasteiger partial charge in [-0.15, -0.1) is 0 Å². The maximum Gasteiger partial charge on any atom is 0.156 e. The van der Waals surface area contributed by atoms with Crippen LogP contribution in [-0.4, -0.2) is 15.0 Å². The quantitative estimate of drug-likeness (QED) is 0.669. The van der Waals surface area contributed by atoms with Gasteiger partial charge >= 0.3 is 0 Å². The van der Waals surface area contributed by atoms with Crippen molar-refractivity contribution in [3.05, 3.63) is 48.3 Å². The molecule has 0 radical (unpaired) electrons. The molecule has 1 aromatic carbocycles. The molecule has 3 rings (SSSR count). The fourth-order valence-electron chi connectivity index (χ4n) is 1.82. The number of nitrogens with zero attached hydrogens (tertiary/aromatic N) is 2. The predicted octanol–water partition coefficient (Wildman–Crippen LogP) is 2.93. The maximum atomic E-state index is 4.61. The Hall–Kier alpha value is -2.16. The number of aromatic nitrogens is 3. The van der Waals surface area contributed by atoms with E-state index in [0.717, 1.165) is 28.1 Å². The predicted molar refractivity (Wildman–Crippen MR) is 64.1 cm³/mol. The van der Waals surface area contributed by atoms with Crippen molar-refractivity contribution in [2.24, 2.45) is 0 Å². The van der Waals surface area contributed by atoms with E-state index < -0.39 is 0 Å². The van der Waals surface area contributed by atoms with E-state index >= 15 is 0 Å². The number of nitrogens with one attached hydrogen (secondary N) is 1. The van der Waals surface area contributed by atoms with Gasteiger partial charge in [-0.25, -0.2) is 9.97 Å². The number of rotatable bonds is 1. The van der Waals surface area contributed by atoms with Crippen LogP contribution < -0.4 is 0 Å². The highest BCUT2D eigenvalue weighted by Crippen LogP contribution is 2.21. The highest BCUT2D eigenvalue weighted by Gasteiger charge is 2.07. The molecule has 0 aliphatic rings. The van der Waals surface area contributed by atoms with E-state index in [1.54, 1.807) is 0 Å². The molecule has 0 unspecified atom stereocenters. The zero-order chi connectivity index (χ0) is 11.0. The lowest BCUT2D eigenvalue weighted by molar-refractivity contribution is 1.17. The normalized spacial score (nSPS) is 10.8. The third kappa shape index (κ3) is 1.37. The molecule has 16 heavy (non-hydrogen) atoms. The van der Waals surface area contributed by atoms with E-state index in [1.807, 2.05) is 37.4 Å². The van der Waals surface area contributed by atoms with E-state index in [9.17, 15) is 0 Å². The van der Waals surface area contributed by atoms with Crippen LogP contribution >= 0.6 is 0 Å². The van der Waals surface area contributed by atoms with Crippen LogP contribution in [0.3, 0.4) is 0 Å². The third-order valence-electron chi connectivity index (χ3n) is 2.61. The van der Waals surface area contributed by atoms with Gasteiger partial charge in [0, 0.05) is 11.8 Å². The first-order valence-electron chi connectivity index (χ1n) is 5.22. The van der Waals surface area contributed by atoms with Crippen molar-refractivity contribution >= 4 is 11.2 Å². The topological polar surface area (TPSA) is 41.6 Å². The molecule has 0 aliphatic carbocycles. The molecule has 0 amide bonds. The van der Waals surface area contributed by atoms with Gasteiger partial charge in [0.2, 0.25) is 0 Å². The summed E-state index contributed by atoms with van der Waals surface area (Å²) in [6.07, 6.45) is 1.86. The Morgan fingerprint density at radius 3 is 2.62 bits per heavy atom. The number of aryl methyl sites for hydroxylation is 1. The minimum absolute atomic E-state index is 0.845. The van der Waals surface area contributed by atoms with E-state index in [-0.39, 0.29) is 0 Å². The summed E-state index contributed by atoms with van der Waals surface area (Å²) in [5, 5.41) is 0. The summed E-state index contributed by atoms with van der Waals surface area (Å²) in [5.41, 5.74) is 4.76. The number of hydrogen-bond acceptors (Lipinski definition) is 2. The monoisotopic (exact) mass is 209 g/mol. The Labute approximate surface area is 93.2 Å². The summed E-state index contributed by atoms with van der Waals surface area (Å²) in [6.45, 7) is 1.98. The third-order valence-corrected chi connectivity index (χ3v) is 2.61. The number of benzene rings is 1. The molecule has 3 heteroatoms. The summed E-state index contributed by atoms with van der Waals surface area (Å²) >= 11 is 0. The molecule has 0 spiro atoms. The number of hydrogen-bond donors (Lipinski definition) is 1. The number of fused-ring (bicyclic) bond motifs is 1. The van der Waals surface area contributed by atoms with Crippen LogP contribution in [0.5, 0.6) is 0 Å². The van der Waals surface area contributed by atoms with Gasteiger partial charge in [-0.2, -0.15) is 0 Å². The molecule has 78 valence electrons. The maximum absolute atomic E-state index is 4.61. The number of H-pyrrole nitrogens is 1. The molecule has 3 nitrogen and oxygen atoms in total. The van der Waals surface area contributed by atoms with Crippen molar-refractivity contribution < 1.29 is 0 Å². The fraction of sp³-hybridized carbons (Fsp3) is 0.0769. The summed E-state index contributed by atoms with van der Waals surface area (Å²) in [5.74, 6) is 0. The van der Waals surface area contributed by atoms with E-state index in [0.29, 0.717) is 0 Å². The lowest BCUT2D eigenvalue weighted by atomic mass is 10.1. The molecule has 0 bridgehead atoms. The van der Waals surface area contributed by atoms with Gasteiger partial charge < -0.3 is 4.98 Å². The Kier molecular flexibility index (Phi) is 1.96. The first kappa shape index (κ1) is 9.09. The fourth-order valence-corrected chi connectivity index (χ4v) is 1.82. The first-order valence-corrected chi connectivity index (χ1v) is 5.22. The van der Waals surface area contributed by atoms with E-state index in [2.05, 4.69) is 27.1 Å². The second-order valence-corrected chi connectivity index (χ2v) is 3.74. The number of aromatic amines is 1. The van der Waals surface area contributed by atoms with Crippen LogP contribution in [0.15, 0.2) is 42.6 Å². The van der Waals surface area contributed by atoms with Gasteiger partial charge in [0.25, 0.3) is 0 Å². The molecule has 0 saturated heterocycles. The Balaban J connectivity index is 2.27. The van der Waals surface area contributed by atoms with Gasteiger partial charge in [0.05, 0.1) is 11.4 Å². The van der Waals surface area contributed by atoms with Crippen molar-refractivity contribution in [1.29, 1.82) is 0 Å². The second kappa shape index (κ2) is 3.45. The lowest BCUT2D eigenvalue weighted by Crippen LogP contribution is -1.92. The zero-order valence-corrected chi connectivity index (χ0v) is 8.94. The van der Waals surface area contributed by atoms with Crippen LogP contribution in [0.1, 0.15) is 5.69 Å². The molecule has 0 atom stereocenters. The van der Waals surface area contributed by atoms with Crippen LogP contribution in [0, 0.1) is 6.92 Å². The minimum atomic E-state index is 0.845. The molecule has 3 aromatic rings. The lowest BCUT2D eigenvalue weighted by Gasteiger charge is -2.04. The summed E-state index contributed by atoms with van der Waals surface area (Å²) < 4.78 is 0. The molecular weight excluding hydrogens is 198 g/mol. The summed E-state index contributed by atoms with van der Waals surface area (Å²) in [6, 6.07) is 12.1. The van der Waals surface area contributed by atoms with Gasteiger partial charge in [-0.05, 0) is 13.0 Å². The van der Waals surface area contributed by atoms with Crippen LogP contribution in [0.2, 0.25) is 0 Å². The van der Waals surface area contributed by atoms with Crippen molar-refractivity contribution in [1.82, 2.24) is 15.0 Å². The minimum Gasteiger partial charge on any atom is -0.345 e. The van der Waals surface area contributed by atoms with Crippen molar-refractivity contribution in [3.63, 3.8) is 0 Å². The molecule has 2 heterocycles. The standard InChI is InChI=1S/C13H11N3/c1-9-12(10-5-3-2-4-6-10)16-11-7-8-14-13(11)15-9/h2-8H,1H3,(H,14,15). The smallest absolute Gasteiger partial charge is 0.156 e. The Morgan fingerprint density at radius 1 is 1.00 bits per heavy atom. The van der Waals surface area contributed by atoms with Crippen LogP contribution in [0.4, 0.5) is 0 Å². The average molecular weight is 209 g/mol. The summed E-state index contributed by atoms with van der Waals surface area (Å²) in [4.78, 5) is 12.2. The van der Waals surface area contributed by atoms with Crippen LogP contribution in [0.25, 0.3) is 22.4 Å². The molecular formula is C13H11N3. The van der Waals surface area contributed by atoms with Crippen molar-refractivity contribution in [2.45, 2.75) is 6.92 Å². The first-order chi connectivity index (χ1) is 7.84. The largest absolute Gasteiger partial charge is 0.345 e. The van der Waals surface area contributed by atoms with E-state index in [4.69, 9.17) is 0 Å². The van der Waals surface area contributed by atoms with Gasteiger partial charge in [-0.1, -0.05) is 30.3 Å². The molecule has 0 fully saturated rings. The van der Waals surface area contributed by atoms with Gasteiger partial charge in [-0.3, -0.25) is 0 Å². The molecule has 1 N–H and O–H groups in total.